The van der Waals surface area contributed by atoms with Crippen molar-refractivity contribution in [1.82, 2.24) is 10.1 Å². The van der Waals surface area contributed by atoms with Gasteiger partial charge in [-0.25, -0.2) is 0 Å². The fourth-order valence-corrected chi connectivity index (χ4v) is 1.58. The molecule has 5 nitrogen and oxygen atoms in total. The topological polar surface area (TPSA) is 68.4 Å². The fraction of sp³-hybridized carbons (Fsp3) is 0.333. The lowest BCUT2D eigenvalue weighted by Gasteiger charge is -1.99. The van der Waals surface area contributed by atoms with Crippen LogP contribution in [0.15, 0.2) is 22.7 Å². The van der Waals surface area contributed by atoms with Crippen molar-refractivity contribution in [2.45, 2.75) is 20.0 Å². The zero-order chi connectivity index (χ0) is 13.0. The molecule has 0 fully saturated rings. The first-order valence-corrected chi connectivity index (χ1v) is 5.97. The Morgan fingerprint density at radius 1 is 1.44 bits per heavy atom. The summed E-state index contributed by atoms with van der Waals surface area (Å²) in [4.78, 5) is 4.13. The highest BCUT2D eigenvalue weighted by Gasteiger charge is 2.13. The van der Waals surface area contributed by atoms with E-state index in [0.717, 1.165) is 6.42 Å². The average Bonchev–Trinajstić information content (AvgIpc) is 2.81. The van der Waals surface area contributed by atoms with E-state index in [1.807, 2.05) is 6.92 Å². The number of halogens is 1. The minimum atomic E-state index is 0.0454. The number of hydrogen-bond acceptors (Lipinski definition) is 5. The van der Waals surface area contributed by atoms with E-state index >= 15 is 0 Å². The molecule has 96 valence electrons. The van der Waals surface area contributed by atoms with Gasteiger partial charge in [-0.3, -0.25) is 0 Å². The molecule has 1 heterocycles. The minimum absolute atomic E-state index is 0.0454. The molecule has 0 atom stereocenters. The van der Waals surface area contributed by atoms with Crippen molar-refractivity contribution in [3.63, 3.8) is 0 Å². The molecular weight excluding hydrogens is 256 g/mol. The van der Waals surface area contributed by atoms with E-state index in [4.69, 9.17) is 20.9 Å². The van der Waals surface area contributed by atoms with Crippen LogP contribution in [0.5, 0.6) is 5.75 Å². The Morgan fingerprint density at radius 2 is 2.28 bits per heavy atom. The number of nitrogens with zero attached hydrogens (tertiary/aromatic N) is 2. The van der Waals surface area contributed by atoms with Crippen molar-refractivity contribution in [1.29, 1.82) is 0 Å². The third-order valence-electron chi connectivity index (χ3n) is 2.24. The summed E-state index contributed by atoms with van der Waals surface area (Å²) in [6, 6.07) is 4.64. The van der Waals surface area contributed by atoms with Crippen molar-refractivity contribution in [2.24, 2.45) is 0 Å². The molecule has 6 heteroatoms. The van der Waals surface area contributed by atoms with Gasteiger partial charge < -0.3 is 14.4 Å². The van der Waals surface area contributed by atoms with E-state index in [0.29, 0.717) is 29.6 Å². The average molecular weight is 269 g/mol. The first kappa shape index (κ1) is 12.9. The van der Waals surface area contributed by atoms with Crippen molar-refractivity contribution in [2.75, 3.05) is 6.61 Å². The predicted octanol–water partition coefficient (Wildman–Crippen LogP) is 3.02. The highest BCUT2D eigenvalue weighted by molar-refractivity contribution is 6.30. The summed E-state index contributed by atoms with van der Waals surface area (Å²) in [6.45, 7) is 2.95. The van der Waals surface area contributed by atoms with E-state index in [-0.39, 0.29) is 11.6 Å². The van der Waals surface area contributed by atoms with E-state index in [1.165, 1.54) is 6.07 Å². The molecular formula is C12H13ClN2O3. The normalized spacial score (nSPS) is 10.8. The number of rotatable bonds is 5. The number of phenolic OH excluding ortho intramolecular Hbond substituents is 1. The van der Waals surface area contributed by atoms with E-state index in [2.05, 4.69) is 10.1 Å². The van der Waals surface area contributed by atoms with Crippen LogP contribution in [0.3, 0.4) is 0 Å². The molecule has 0 unspecified atom stereocenters. The molecule has 1 N–H and O–H groups in total. The summed E-state index contributed by atoms with van der Waals surface area (Å²) < 4.78 is 10.4. The third kappa shape index (κ3) is 3.00. The van der Waals surface area contributed by atoms with Crippen LogP contribution in [-0.2, 0) is 11.3 Å². The van der Waals surface area contributed by atoms with Crippen LogP contribution in [0.4, 0.5) is 0 Å². The molecule has 0 saturated heterocycles. The van der Waals surface area contributed by atoms with E-state index in [1.54, 1.807) is 12.1 Å². The largest absolute Gasteiger partial charge is 0.507 e. The molecule has 2 aromatic rings. The van der Waals surface area contributed by atoms with Gasteiger partial charge in [-0.2, -0.15) is 4.98 Å². The van der Waals surface area contributed by atoms with Gasteiger partial charge in [-0.1, -0.05) is 23.7 Å². The highest BCUT2D eigenvalue weighted by Crippen LogP contribution is 2.30. The van der Waals surface area contributed by atoms with Crippen molar-refractivity contribution in [3.8, 4) is 17.2 Å². The maximum atomic E-state index is 9.69. The molecule has 2 rings (SSSR count). The van der Waals surface area contributed by atoms with E-state index < -0.39 is 0 Å². The van der Waals surface area contributed by atoms with Crippen LogP contribution in [0.25, 0.3) is 11.5 Å². The van der Waals surface area contributed by atoms with Crippen molar-refractivity contribution >= 4 is 11.6 Å². The molecule has 0 aliphatic carbocycles. The molecule has 0 amide bonds. The molecule has 0 radical (unpaired) electrons. The maximum Gasteiger partial charge on any atom is 0.261 e. The quantitative estimate of drug-likeness (QED) is 0.844. The van der Waals surface area contributed by atoms with Crippen LogP contribution in [0.2, 0.25) is 5.02 Å². The van der Waals surface area contributed by atoms with Gasteiger partial charge in [-0.05, 0) is 24.6 Å². The first-order valence-electron chi connectivity index (χ1n) is 5.60. The number of benzene rings is 1. The molecule has 1 aromatic heterocycles. The summed E-state index contributed by atoms with van der Waals surface area (Å²) in [5.74, 6) is 0.715. The molecule has 0 spiro atoms. The van der Waals surface area contributed by atoms with Gasteiger partial charge in [0.15, 0.2) is 5.82 Å². The van der Waals surface area contributed by atoms with Crippen molar-refractivity contribution in [3.05, 3.63) is 29.0 Å². The Labute approximate surface area is 109 Å². The van der Waals surface area contributed by atoms with Gasteiger partial charge in [0.05, 0.1) is 5.56 Å². The summed E-state index contributed by atoms with van der Waals surface area (Å²) in [5, 5.41) is 14.0. The Kier molecular flexibility index (Phi) is 4.17. The van der Waals surface area contributed by atoms with Crippen LogP contribution in [0, 0.1) is 0 Å². The molecule has 1 aromatic carbocycles. The van der Waals surface area contributed by atoms with Gasteiger partial charge in [0, 0.05) is 11.6 Å². The highest BCUT2D eigenvalue weighted by atomic mass is 35.5. The van der Waals surface area contributed by atoms with Gasteiger partial charge >= 0.3 is 0 Å². The number of hydrogen-bond donors (Lipinski definition) is 1. The number of aromatic hydroxyl groups is 1. The van der Waals surface area contributed by atoms with Gasteiger partial charge in [0.2, 0.25) is 0 Å². The Bertz CT molecular complexity index is 528. The van der Waals surface area contributed by atoms with Crippen LogP contribution < -0.4 is 0 Å². The summed E-state index contributed by atoms with van der Waals surface area (Å²) in [6.07, 6.45) is 0.930. The maximum absolute atomic E-state index is 9.69. The molecule has 18 heavy (non-hydrogen) atoms. The minimum Gasteiger partial charge on any atom is -0.507 e. The standard InChI is InChI=1S/C12H13ClN2O3/c1-2-5-17-7-11-14-12(18-15-11)9-6-8(13)3-4-10(9)16/h3-4,6,16H,2,5,7H2,1H3. The number of phenols is 1. The lowest BCUT2D eigenvalue weighted by Crippen LogP contribution is -1.95. The second-order valence-corrected chi connectivity index (χ2v) is 4.17. The SMILES string of the molecule is CCCOCc1noc(-c2cc(Cl)ccc2O)n1. The molecule has 0 aliphatic rings. The summed E-state index contributed by atoms with van der Waals surface area (Å²) >= 11 is 5.85. The van der Waals surface area contributed by atoms with Crippen LogP contribution in [-0.4, -0.2) is 21.9 Å². The number of aromatic nitrogens is 2. The molecule has 0 aliphatic heterocycles. The molecule has 0 saturated carbocycles. The van der Waals surface area contributed by atoms with Gasteiger partial charge in [-0.15, -0.1) is 0 Å². The fourth-order valence-electron chi connectivity index (χ4n) is 1.41. The lowest BCUT2D eigenvalue weighted by molar-refractivity contribution is 0.114. The van der Waals surface area contributed by atoms with Crippen LogP contribution >= 0.6 is 11.6 Å². The van der Waals surface area contributed by atoms with Crippen molar-refractivity contribution < 1.29 is 14.4 Å². The number of ether oxygens (including phenoxy) is 1. The Hall–Kier alpha value is -1.59. The second-order valence-electron chi connectivity index (χ2n) is 3.73. The van der Waals surface area contributed by atoms with Gasteiger partial charge in [0.1, 0.15) is 12.4 Å². The second kappa shape index (κ2) is 5.84. The third-order valence-corrected chi connectivity index (χ3v) is 2.47. The zero-order valence-corrected chi connectivity index (χ0v) is 10.6. The smallest absolute Gasteiger partial charge is 0.261 e. The predicted molar refractivity (Wildman–Crippen MR) is 66.4 cm³/mol. The monoisotopic (exact) mass is 268 g/mol. The Morgan fingerprint density at radius 3 is 3.06 bits per heavy atom. The van der Waals surface area contributed by atoms with Gasteiger partial charge in [0.25, 0.3) is 5.89 Å². The Balaban J connectivity index is 2.16. The van der Waals surface area contributed by atoms with Crippen LogP contribution in [0.1, 0.15) is 19.2 Å². The molecule has 0 bridgehead atoms. The summed E-state index contributed by atoms with van der Waals surface area (Å²) in [5.41, 5.74) is 0.414. The first-order chi connectivity index (χ1) is 8.70. The zero-order valence-electron chi connectivity index (χ0n) is 9.89. The van der Waals surface area contributed by atoms with E-state index in [9.17, 15) is 5.11 Å². The lowest BCUT2D eigenvalue weighted by atomic mass is 10.2. The summed E-state index contributed by atoms with van der Waals surface area (Å²) in [7, 11) is 0.